The molecule has 2 rings (SSSR count). The van der Waals surface area contributed by atoms with Crippen LogP contribution in [0.5, 0.6) is 0 Å². The molecule has 0 aromatic carbocycles. The molecule has 0 spiro atoms. The topological polar surface area (TPSA) is 79.3 Å². The average molecular weight is 455 g/mol. The molecule has 10 heteroatoms. The van der Waals surface area contributed by atoms with Gasteiger partial charge < -0.3 is 20.4 Å². The van der Waals surface area contributed by atoms with Gasteiger partial charge in [0.2, 0.25) is 0 Å². The van der Waals surface area contributed by atoms with Crippen LogP contribution >= 0.6 is 24.4 Å². The molecule has 0 bridgehead atoms. The fraction of sp³-hybridized carbons (Fsp3) is 0.800. The maximum Gasteiger partial charge on any atom is 0.187 e. The number of piperidine rings is 1. The van der Waals surface area contributed by atoms with Crippen molar-refractivity contribution < 1.29 is 0 Å². The van der Waals surface area contributed by atoms with E-state index in [9.17, 15) is 0 Å². The van der Waals surface area contributed by atoms with Crippen molar-refractivity contribution in [2.45, 2.75) is 52.4 Å². The van der Waals surface area contributed by atoms with Crippen LogP contribution in [0.2, 0.25) is 0 Å². The summed E-state index contributed by atoms with van der Waals surface area (Å²) < 4.78 is 0. The third-order valence-corrected chi connectivity index (χ3v) is 5.94. The highest BCUT2D eigenvalue weighted by atomic mass is 32.1. The van der Waals surface area contributed by atoms with Crippen molar-refractivity contribution in [1.82, 2.24) is 31.3 Å². The van der Waals surface area contributed by atoms with Gasteiger partial charge in [-0.3, -0.25) is 10.9 Å². The Balaban J connectivity index is 1.56. The lowest BCUT2D eigenvalue weighted by Crippen LogP contribution is -2.40. The first kappa shape index (κ1) is 24.9. The van der Waals surface area contributed by atoms with Gasteiger partial charge in [-0.2, -0.15) is 10.2 Å². The Morgan fingerprint density at radius 1 is 0.700 bits per heavy atom. The summed E-state index contributed by atoms with van der Waals surface area (Å²) in [7, 11) is 0. The van der Waals surface area contributed by atoms with E-state index in [1.807, 2.05) is 13.8 Å². The van der Waals surface area contributed by atoms with Gasteiger partial charge in [0.25, 0.3) is 0 Å². The van der Waals surface area contributed by atoms with Gasteiger partial charge in [0, 0.05) is 19.6 Å². The van der Waals surface area contributed by atoms with E-state index in [0.29, 0.717) is 10.2 Å². The van der Waals surface area contributed by atoms with Crippen LogP contribution in [0.3, 0.4) is 0 Å². The summed E-state index contributed by atoms with van der Waals surface area (Å²) in [5.74, 6) is 0. The molecule has 2 aliphatic rings. The molecule has 0 unspecified atom stereocenters. The Hall–Kier alpha value is -1.36. The Bertz CT molecular complexity index is 596. The van der Waals surface area contributed by atoms with Gasteiger partial charge in [0.05, 0.1) is 11.4 Å². The van der Waals surface area contributed by atoms with E-state index in [4.69, 9.17) is 24.4 Å². The minimum Gasteiger partial charge on any atom is -0.361 e. The summed E-state index contributed by atoms with van der Waals surface area (Å²) in [4.78, 5) is 4.97. The van der Waals surface area contributed by atoms with Crippen LogP contribution in [0.4, 0.5) is 0 Å². The van der Waals surface area contributed by atoms with Crippen LogP contribution < -0.4 is 21.5 Å². The molecule has 0 aliphatic carbocycles. The molecular weight excluding hydrogens is 416 g/mol. The predicted molar refractivity (Wildman–Crippen MR) is 134 cm³/mol. The van der Waals surface area contributed by atoms with Gasteiger partial charge >= 0.3 is 0 Å². The molecule has 0 radical (unpaired) electrons. The van der Waals surface area contributed by atoms with Crippen molar-refractivity contribution in [2.75, 3.05) is 52.4 Å². The molecular formula is C20H38N8S2. The van der Waals surface area contributed by atoms with E-state index in [-0.39, 0.29) is 0 Å². The Morgan fingerprint density at radius 3 is 1.73 bits per heavy atom. The summed E-state index contributed by atoms with van der Waals surface area (Å²) in [5.41, 5.74) is 7.27. The molecule has 0 saturated carbocycles. The molecule has 0 aromatic heterocycles. The molecule has 2 saturated heterocycles. The largest absolute Gasteiger partial charge is 0.361 e. The van der Waals surface area contributed by atoms with Crippen LogP contribution in [-0.2, 0) is 0 Å². The second-order valence-electron chi connectivity index (χ2n) is 7.93. The monoisotopic (exact) mass is 454 g/mol. The highest BCUT2D eigenvalue weighted by Gasteiger charge is 2.10. The van der Waals surface area contributed by atoms with Gasteiger partial charge in [0.1, 0.15) is 0 Å². The van der Waals surface area contributed by atoms with Crippen molar-refractivity contribution >= 4 is 46.1 Å². The molecule has 4 N–H and O–H groups in total. The number of thiocarbonyl (C=S) groups is 2. The van der Waals surface area contributed by atoms with E-state index < -0.39 is 0 Å². The Morgan fingerprint density at radius 2 is 1.17 bits per heavy atom. The molecule has 30 heavy (non-hydrogen) atoms. The zero-order valence-electron chi connectivity index (χ0n) is 18.5. The van der Waals surface area contributed by atoms with Gasteiger partial charge in [-0.15, -0.1) is 0 Å². The first-order valence-electron chi connectivity index (χ1n) is 11.2. The van der Waals surface area contributed by atoms with Crippen LogP contribution in [0.15, 0.2) is 10.2 Å². The fourth-order valence-corrected chi connectivity index (χ4v) is 3.83. The predicted octanol–water partition coefficient (Wildman–Crippen LogP) is 1.64. The standard InChI is InChI=1S/C20H38N8S2/c1-17(23-25-19(29)21-9-8-15-27-13-6-7-14-27)18(2)24-26-20(30)22-10-16-28-11-4-3-5-12-28/h3-16H2,1-2H3,(H2,21,25,29)(H2,22,26,30)/b23-17-,24-18-. The zero-order valence-corrected chi connectivity index (χ0v) is 20.1. The van der Waals surface area contributed by atoms with E-state index in [1.165, 1.54) is 58.3 Å². The van der Waals surface area contributed by atoms with Gasteiger partial charge in [-0.1, -0.05) is 6.42 Å². The average Bonchev–Trinajstić information content (AvgIpc) is 3.27. The lowest BCUT2D eigenvalue weighted by molar-refractivity contribution is 0.232. The Kier molecular flexibility index (Phi) is 12.1. The lowest BCUT2D eigenvalue weighted by atomic mass is 10.1. The van der Waals surface area contributed by atoms with Gasteiger partial charge in [-0.05, 0) is 103 Å². The molecule has 0 atom stereocenters. The molecule has 2 heterocycles. The van der Waals surface area contributed by atoms with Crippen LogP contribution in [0.1, 0.15) is 52.4 Å². The normalized spacial score (nSPS) is 18.9. The minimum atomic E-state index is 0.530. The van der Waals surface area contributed by atoms with E-state index in [0.717, 1.165) is 44.0 Å². The summed E-state index contributed by atoms with van der Waals surface area (Å²) in [6.07, 6.45) is 7.70. The first-order chi connectivity index (χ1) is 14.5. The van der Waals surface area contributed by atoms with Crippen molar-refractivity contribution in [3.05, 3.63) is 0 Å². The number of nitrogens with zero attached hydrogens (tertiary/aromatic N) is 4. The number of hydrazone groups is 2. The second-order valence-corrected chi connectivity index (χ2v) is 8.75. The third-order valence-electron chi connectivity index (χ3n) is 5.47. The SMILES string of the molecule is CC(=N/NC(=S)NCCCN1CCCC1)/C(C)=N\NC(=S)NCCN1CCCCC1. The number of hydrogen-bond donors (Lipinski definition) is 4. The van der Waals surface area contributed by atoms with E-state index >= 15 is 0 Å². The molecule has 2 aliphatic heterocycles. The second kappa shape index (κ2) is 14.6. The van der Waals surface area contributed by atoms with Crippen molar-refractivity contribution in [2.24, 2.45) is 10.2 Å². The van der Waals surface area contributed by atoms with E-state index in [2.05, 4.69) is 41.5 Å². The van der Waals surface area contributed by atoms with Crippen molar-refractivity contribution in [3.63, 3.8) is 0 Å². The lowest BCUT2D eigenvalue weighted by Gasteiger charge is -2.26. The van der Waals surface area contributed by atoms with Crippen LogP contribution in [0.25, 0.3) is 0 Å². The molecule has 8 nitrogen and oxygen atoms in total. The van der Waals surface area contributed by atoms with Crippen LogP contribution in [0, 0.1) is 0 Å². The zero-order chi connectivity index (χ0) is 21.6. The highest BCUT2D eigenvalue weighted by molar-refractivity contribution is 7.80. The quantitative estimate of drug-likeness (QED) is 0.172. The summed E-state index contributed by atoms with van der Waals surface area (Å²) >= 11 is 10.6. The smallest absolute Gasteiger partial charge is 0.187 e. The third kappa shape index (κ3) is 10.6. The van der Waals surface area contributed by atoms with Gasteiger partial charge in [0.15, 0.2) is 10.2 Å². The fourth-order valence-electron chi connectivity index (χ4n) is 3.53. The minimum absolute atomic E-state index is 0.530. The molecule has 170 valence electrons. The number of nitrogens with one attached hydrogen (secondary N) is 4. The summed E-state index contributed by atoms with van der Waals surface area (Å²) in [6.45, 7) is 12.4. The molecule has 0 amide bonds. The molecule has 0 aromatic rings. The van der Waals surface area contributed by atoms with Crippen LogP contribution in [-0.4, -0.2) is 83.8 Å². The van der Waals surface area contributed by atoms with E-state index in [1.54, 1.807) is 0 Å². The summed E-state index contributed by atoms with van der Waals surface area (Å²) in [5, 5.41) is 16.1. The maximum atomic E-state index is 5.29. The summed E-state index contributed by atoms with van der Waals surface area (Å²) in [6, 6.07) is 0. The first-order valence-corrected chi connectivity index (χ1v) is 12.0. The number of likely N-dealkylation sites (tertiary alicyclic amines) is 2. The van der Waals surface area contributed by atoms with Gasteiger partial charge in [-0.25, -0.2) is 0 Å². The van der Waals surface area contributed by atoms with Crippen molar-refractivity contribution in [3.8, 4) is 0 Å². The number of rotatable bonds is 10. The number of hydrogen-bond acceptors (Lipinski definition) is 6. The molecule has 2 fully saturated rings. The van der Waals surface area contributed by atoms with Crippen molar-refractivity contribution in [1.29, 1.82) is 0 Å². The Labute approximate surface area is 192 Å². The maximum absolute atomic E-state index is 5.29. The highest BCUT2D eigenvalue weighted by Crippen LogP contribution is 2.07.